The Balaban J connectivity index is 1.21. The molecule has 3 heterocycles. The van der Waals surface area contributed by atoms with Crippen molar-refractivity contribution in [3.05, 3.63) is 45.1 Å². The highest BCUT2D eigenvalue weighted by Crippen LogP contribution is 2.84. The van der Waals surface area contributed by atoms with Gasteiger partial charge in [0.05, 0.1) is 24.0 Å². The van der Waals surface area contributed by atoms with Gasteiger partial charge >= 0.3 is 29.8 Å². The SMILES string of the molecule is CC1=CCOC(=O)CCC(=O)OCC2=C3CC4C(O)(COC1=O)C1CC1C4(C)C1CC4(O)C5=C(C6=C(C)C(=O)OC6(O)C(O)C5(C)C5CC54)C31OC2=O. The van der Waals surface area contributed by atoms with Gasteiger partial charge in [-0.1, -0.05) is 13.8 Å². The number of aliphatic hydroxyl groups is 4. The lowest BCUT2D eigenvalue weighted by Crippen LogP contribution is -2.69. The average molecular weight is 735 g/mol. The molecular formula is C39H42O14. The molecule has 14 nitrogen and oxygen atoms in total. The van der Waals surface area contributed by atoms with Gasteiger partial charge in [-0.05, 0) is 85.8 Å². The van der Waals surface area contributed by atoms with Crippen LogP contribution in [-0.2, 0) is 47.7 Å². The largest absolute Gasteiger partial charge is 0.461 e. The van der Waals surface area contributed by atoms with Gasteiger partial charge in [-0.25, -0.2) is 14.4 Å². The second-order valence-corrected chi connectivity index (χ2v) is 17.6. The smallest absolute Gasteiger partial charge is 0.338 e. The van der Waals surface area contributed by atoms with E-state index in [9.17, 15) is 44.4 Å². The molecule has 0 radical (unpaired) electrons. The summed E-state index contributed by atoms with van der Waals surface area (Å²) in [5.74, 6) is -8.71. The van der Waals surface area contributed by atoms with Crippen LogP contribution in [0, 0.1) is 46.3 Å². The van der Waals surface area contributed by atoms with Crippen LogP contribution in [0.5, 0.6) is 0 Å². The van der Waals surface area contributed by atoms with E-state index in [0.717, 1.165) is 0 Å². The van der Waals surface area contributed by atoms with Gasteiger partial charge in [-0.2, -0.15) is 0 Å². The fraction of sp³-hybridized carbons (Fsp3) is 0.667. The lowest BCUT2D eigenvalue weighted by Gasteiger charge is -2.64. The highest BCUT2D eigenvalue weighted by atomic mass is 16.7. The summed E-state index contributed by atoms with van der Waals surface area (Å²) in [7, 11) is 0. The normalized spacial score (nSPS) is 50.7. The van der Waals surface area contributed by atoms with E-state index in [1.807, 2.05) is 6.92 Å². The summed E-state index contributed by atoms with van der Waals surface area (Å²) in [6.07, 6.45) is 0.362. The predicted octanol–water partition coefficient (Wildman–Crippen LogP) is 0.995. The van der Waals surface area contributed by atoms with Gasteiger partial charge in [0, 0.05) is 39.5 Å². The van der Waals surface area contributed by atoms with Gasteiger partial charge in [-0.3, -0.25) is 9.59 Å². The molecule has 10 aliphatic rings. The van der Waals surface area contributed by atoms with E-state index in [0.29, 0.717) is 24.0 Å². The van der Waals surface area contributed by atoms with Crippen molar-refractivity contribution in [2.45, 2.75) is 94.9 Å². The summed E-state index contributed by atoms with van der Waals surface area (Å²) in [6.45, 7) is 5.65. The zero-order valence-corrected chi connectivity index (χ0v) is 29.9. The first-order valence-electron chi connectivity index (χ1n) is 18.6. The molecule has 282 valence electrons. The maximum atomic E-state index is 14.4. The zero-order valence-electron chi connectivity index (χ0n) is 29.9. The number of carbonyl (C=O) groups excluding carboxylic acids is 5. The molecule has 0 aromatic carbocycles. The standard InChI is InChI=1S/C39H42O14/c1-15-7-8-49-25(40)5-6-26(41)50-13-17-18-11-23-34(3,19-9-22(19)37(23,47)14-51-30(15)42)24-12-36(46)21-10-20(21)35(4)29(36)28(38(18,24)52-32(17)44)27-16(2)31(43)53-39(27,48)33(35)45/h7,19-24,33,45-48H,5-6,8-14H2,1-4H3. The number of carbonyl (C=O) groups is 5. The maximum Gasteiger partial charge on any atom is 0.338 e. The summed E-state index contributed by atoms with van der Waals surface area (Å²) >= 11 is 0. The van der Waals surface area contributed by atoms with E-state index in [1.165, 1.54) is 19.9 Å². The Hall–Kier alpha value is -3.85. The quantitative estimate of drug-likeness (QED) is 0.202. The monoisotopic (exact) mass is 734 g/mol. The molecule has 0 aromatic rings. The van der Waals surface area contributed by atoms with Crippen LogP contribution >= 0.6 is 0 Å². The molecule has 5 saturated carbocycles. The van der Waals surface area contributed by atoms with Crippen molar-refractivity contribution in [1.29, 1.82) is 0 Å². The Morgan fingerprint density at radius 2 is 1.47 bits per heavy atom. The number of hydrogen-bond donors (Lipinski definition) is 4. The summed E-state index contributed by atoms with van der Waals surface area (Å²) in [5.41, 5.74) is -5.72. The number of aliphatic hydroxyl groups excluding tert-OH is 1. The van der Waals surface area contributed by atoms with Crippen molar-refractivity contribution in [3.8, 4) is 0 Å². The van der Waals surface area contributed by atoms with E-state index in [4.69, 9.17) is 23.7 Å². The Labute approximate surface area is 303 Å². The van der Waals surface area contributed by atoms with E-state index < -0.39 is 87.8 Å². The first-order valence-corrected chi connectivity index (χ1v) is 18.6. The lowest BCUT2D eigenvalue weighted by molar-refractivity contribution is -0.244. The molecule has 10 rings (SSSR count). The summed E-state index contributed by atoms with van der Waals surface area (Å²) < 4.78 is 28.8. The highest BCUT2D eigenvalue weighted by Gasteiger charge is 2.87. The fourth-order valence-electron chi connectivity index (χ4n) is 13.2. The number of cyclic esters (lactones) is 3. The van der Waals surface area contributed by atoms with Crippen molar-refractivity contribution in [2.24, 2.45) is 46.3 Å². The topological polar surface area (TPSA) is 212 Å². The van der Waals surface area contributed by atoms with Gasteiger partial charge in [0.1, 0.15) is 31.5 Å². The van der Waals surface area contributed by atoms with Crippen LogP contribution in [0.1, 0.15) is 66.2 Å². The molecule has 7 aliphatic carbocycles. The van der Waals surface area contributed by atoms with Crippen molar-refractivity contribution in [1.82, 2.24) is 0 Å². The van der Waals surface area contributed by atoms with Gasteiger partial charge in [0.25, 0.3) is 5.79 Å². The molecule has 1 spiro atoms. The van der Waals surface area contributed by atoms with Crippen molar-refractivity contribution >= 4 is 29.8 Å². The molecule has 13 atom stereocenters. The highest BCUT2D eigenvalue weighted by molar-refractivity contribution is 5.98. The van der Waals surface area contributed by atoms with Crippen molar-refractivity contribution in [2.75, 3.05) is 19.8 Å². The van der Waals surface area contributed by atoms with Crippen LogP contribution in [0.4, 0.5) is 0 Å². The van der Waals surface area contributed by atoms with E-state index >= 15 is 0 Å². The number of esters is 5. The molecule has 0 saturated heterocycles. The van der Waals surface area contributed by atoms with Gasteiger partial charge in [0.2, 0.25) is 0 Å². The van der Waals surface area contributed by atoms with Crippen LogP contribution < -0.4 is 0 Å². The van der Waals surface area contributed by atoms with Gasteiger partial charge in [0.15, 0.2) is 5.60 Å². The minimum absolute atomic E-state index is 0.00694. The van der Waals surface area contributed by atoms with Crippen LogP contribution in [0.2, 0.25) is 0 Å². The molecule has 14 heteroatoms. The number of hydrogen-bond acceptors (Lipinski definition) is 14. The third kappa shape index (κ3) is 3.67. The molecule has 3 aliphatic heterocycles. The van der Waals surface area contributed by atoms with Crippen LogP contribution in [0.25, 0.3) is 0 Å². The third-order valence-electron chi connectivity index (χ3n) is 15.6. The summed E-state index contributed by atoms with van der Waals surface area (Å²) in [5, 5.41) is 50.2. The Bertz CT molecular complexity index is 2020. The molecule has 5 fully saturated rings. The molecule has 0 amide bonds. The van der Waals surface area contributed by atoms with Crippen molar-refractivity contribution in [3.63, 3.8) is 0 Å². The van der Waals surface area contributed by atoms with E-state index in [1.54, 1.807) is 6.92 Å². The number of rotatable bonds is 0. The maximum absolute atomic E-state index is 14.4. The first-order chi connectivity index (χ1) is 24.9. The molecule has 13 unspecified atom stereocenters. The third-order valence-corrected chi connectivity index (χ3v) is 15.6. The first kappa shape index (κ1) is 33.7. The Morgan fingerprint density at radius 1 is 0.774 bits per heavy atom. The fourth-order valence-corrected chi connectivity index (χ4v) is 13.2. The molecular weight excluding hydrogens is 692 g/mol. The lowest BCUT2D eigenvalue weighted by atomic mass is 9.42. The van der Waals surface area contributed by atoms with Crippen LogP contribution in [-0.4, -0.2) is 98.8 Å². The summed E-state index contributed by atoms with van der Waals surface area (Å²) in [6, 6.07) is 0. The van der Waals surface area contributed by atoms with Crippen LogP contribution in [0.15, 0.2) is 45.1 Å². The number of ether oxygens (including phenoxy) is 5. The second-order valence-electron chi connectivity index (χ2n) is 17.6. The second kappa shape index (κ2) is 9.87. The predicted molar refractivity (Wildman–Crippen MR) is 174 cm³/mol. The van der Waals surface area contributed by atoms with E-state index in [2.05, 4.69) is 0 Å². The minimum atomic E-state index is -2.51. The molecule has 4 N–H and O–H groups in total. The van der Waals surface area contributed by atoms with Crippen molar-refractivity contribution < 1.29 is 68.1 Å². The Morgan fingerprint density at radius 3 is 2.21 bits per heavy atom. The van der Waals surface area contributed by atoms with Crippen LogP contribution in [0.3, 0.4) is 0 Å². The van der Waals surface area contributed by atoms with Gasteiger partial charge < -0.3 is 44.1 Å². The zero-order chi connectivity index (χ0) is 37.6. The molecule has 53 heavy (non-hydrogen) atoms. The van der Waals surface area contributed by atoms with E-state index in [-0.39, 0.29) is 90.4 Å². The molecule has 2 bridgehead atoms. The average Bonchev–Trinajstić information content (AvgIpc) is 4.01. The minimum Gasteiger partial charge on any atom is -0.461 e. The molecule has 0 aromatic heterocycles. The van der Waals surface area contributed by atoms with Gasteiger partial charge in [-0.15, -0.1) is 0 Å². The number of fused-ring (bicyclic) bond motifs is 9. The summed E-state index contributed by atoms with van der Waals surface area (Å²) in [4.78, 5) is 66.3. The Kier molecular flexibility index (Phi) is 6.27.